The standard InChI is InChI=1S/C23H19FN2O4S/c1-28-21-11-16(6-9-20(21)30-13-15-4-7-17(24)8-5-15)23-26-19(14-31-23)22(27)25-12-18-3-2-10-29-18/h2-11,14H,12-13H2,1H3,(H,25,27). The number of furan rings is 1. The van der Waals surface area contributed by atoms with Crippen LogP contribution in [0.25, 0.3) is 10.6 Å². The first-order chi connectivity index (χ1) is 15.1. The van der Waals surface area contributed by atoms with Gasteiger partial charge in [-0.2, -0.15) is 0 Å². The van der Waals surface area contributed by atoms with Gasteiger partial charge in [0.25, 0.3) is 5.91 Å². The Labute approximate surface area is 182 Å². The second-order valence-corrected chi connectivity index (χ2v) is 7.44. The summed E-state index contributed by atoms with van der Waals surface area (Å²) in [5.74, 6) is 1.21. The maximum Gasteiger partial charge on any atom is 0.271 e. The molecule has 0 fully saturated rings. The van der Waals surface area contributed by atoms with Crippen molar-refractivity contribution in [3.8, 4) is 22.1 Å². The average Bonchev–Trinajstić information content (AvgIpc) is 3.49. The van der Waals surface area contributed by atoms with Gasteiger partial charge in [0.2, 0.25) is 0 Å². The molecular formula is C23H19FN2O4S. The number of hydrogen-bond acceptors (Lipinski definition) is 6. The minimum absolute atomic E-state index is 0.273. The molecule has 0 saturated carbocycles. The number of rotatable bonds is 8. The number of thiazole rings is 1. The molecule has 8 heteroatoms. The first-order valence-electron chi connectivity index (χ1n) is 9.44. The zero-order valence-corrected chi connectivity index (χ0v) is 17.4. The Kier molecular flexibility index (Phi) is 6.28. The van der Waals surface area contributed by atoms with Crippen LogP contribution in [0.5, 0.6) is 11.5 Å². The second kappa shape index (κ2) is 9.44. The van der Waals surface area contributed by atoms with Crippen LogP contribution in [0.2, 0.25) is 0 Å². The Morgan fingerprint density at radius 3 is 2.74 bits per heavy atom. The first kappa shape index (κ1) is 20.6. The largest absolute Gasteiger partial charge is 0.493 e. The van der Waals surface area contributed by atoms with Crippen molar-refractivity contribution >= 4 is 17.2 Å². The summed E-state index contributed by atoms with van der Waals surface area (Å²) in [6.45, 7) is 0.583. The zero-order chi connectivity index (χ0) is 21.6. The van der Waals surface area contributed by atoms with Gasteiger partial charge in [-0.3, -0.25) is 4.79 Å². The van der Waals surface area contributed by atoms with Crippen molar-refractivity contribution in [2.24, 2.45) is 0 Å². The van der Waals surface area contributed by atoms with E-state index in [0.29, 0.717) is 34.5 Å². The number of carbonyl (C=O) groups excluding carboxylic acids is 1. The van der Waals surface area contributed by atoms with E-state index >= 15 is 0 Å². The maximum absolute atomic E-state index is 13.0. The molecule has 0 unspecified atom stereocenters. The van der Waals surface area contributed by atoms with Crippen LogP contribution in [-0.2, 0) is 13.2 Å². The third kappa shape index (κ3) is 5.10. The molecule has 0 atom stereocenters. The van der Waals surface area contributed by atoms with Crippen molar-refractivity contribution in [1.82, 2.24) is 10.3 Å². The predicted octanol–water partition coefficient (Wildman–Crippen LogP) is 5.06. The van der Waals surface area contributed by atoms with Crippen LogP contribution >= 0.6 is 11.3 Å². The van der Waals surface area contributed by atoms with Crippen LogP contribution in [0, 0.1) is 5.82 Å². The molecule has 158 valence electrons. The lowest BCUT2D eigenvalue weighted by molar-refractivity contribution is 0.0944. The van der Waals surface area contributed by atoms with Gasteiger partial charge in [0.1, 0.15) is 28.9 Å². The lowest BCUT2D eigenvalue weighted by Gasteiger charge is -2.11. The summed E-state index contributed by atoms with van der Waals surface area (Å²) in [5, 5.41) is 5.17. The van der Waals surface area contributed by atoms with E-state index < -0.39 is 0 Å². The fraction of sp³-hybridized carbons (Fsp3) is 0.130. The number of halogens is 1. The number of nitrogens with zero attached hydrogens (tertiary/aromatic N) is 1. The van der Waals surface area contributed by atoms with Gasteiger partial charge in [0.15, 0.2) is 11.5 Å². The van der Waals surface area contributed by atoms with Crippen molar-refractivity contribution in [1.29, 1.82) is 0 Å². The number of amides is 1. The third-order valence-electron chi connectivity index (χ3n) is 4.46. The fourth-order valence-corrected chi connectivity index (χ4v) is 3.64. The van der Waals surface area contributed by atoms with Crippen LogP contribution in [-0.4, -0.2) is 18.0 Å². The number of benzene rings is 2. The highest BCUT2D eigenvalue weighted by Crippen LogP contribution is 2.34. The van der Waals surface area contributed by atoms with E-state index in [-0.39, 0.29) is 18.3 Å². The molecule has 2 aromatic carbocycles. The van der Waals surface area contributed by atoms with Gasteiger partial charge >= 0.3 is 0 Å². The zero-order valence-electron chi connectivity index (χ0n) is 16.6. The number of carbonyl (C=O) groups is 1. The van der Waals surface area contributed by atoms with Gasteiger partial charge in [-0.15, -0.1) is 11.3 Å². The Morgan fingerprint density at radius 1 is 1.16 bits per heavy atom. The number of aromatic nitrogens is 1. The molecule has 0 radical (unpaired) electrons. The van der Waals surface area contributed by atoms with Crippen LogP contribution in [0.15, 0.2) is 70.7 Å². The number of ether oxygens (including phenoxy) is 2. The van der Waals surface area contributed by atoms with Gasteiger partial charge in [-0.1, -0.05) is 12.1 Å². The Morgan fingerprint density at radius 2 is 2.00 bits per heavy atom. The van der Waals surface area contributed by atoms with Crippen LogP contribution in [0.3, 0.4) is 0 Å². The summed E-state index contributed by atoms with van der Waals surface area (Å²) >= 11 is 1.36. The minimum Gasteiger partial charge on any atom is -0.493 e. The molecule has 6 nitrogen and oxygen atoms in total. The Balaban J connectivity index is 1.43. The molecule has 4 rings (SSSR count). The van der Waals surface area contributed by atoms with Crippen LogP contribution < -0.4 is 14.8 Å². The summed E-state index contributed by atoms with van der Waals surface area (Å²) in [4.78, 5) is 16.8. The number of methoxy groups -OCH3 is 1. The van der Waals surface area contributed by atoms with E-state index in [1.165, 1.54) is 23.5 Å². The fourth-order valence-electron chi connectivity index (χ4n) is 2.84. The molecule has 0 bridgehead atoms. The highest BCUT2D eigenvalue weighted by molar-refractivity contribution is 7.13. The van der Waals surface area contributed by atoms with Crippen molar-refractivity contribution in [3.63, 3.8) is 0 Å². The molecule has 31 heavy (non-hydrogen) atoms. The van der Waals surface area contributed by atoms with E-state index in [0.717, 1.165) is 11.1 Å². The molecule has 2 heterocycles. The molecule has 0 aliphatic carbocycles. The van der Waals surface area contributed by atoms with Crippen molar-refractivity contribution in [3.05, 3.63) is 89.1 Å². The molecule has 0 aliphatic heterocycles. The number of hydrogen-bond donors (Lipinski definition) is 1. The molecule has 1 amide bonds. The van der Waals surface area contributed by atoms with Gasteiger partial charge in [0.05, 0.1) is 19.9 Å². The van der Waals surface area contributed by atoms with E-state index in [2.05, 4.69) is 10.3 Å². The first-order valence-corrected chi connectivity index (χ1v) is 10.3. The minimum atomic E-state index is -0.289. The summed E-state index contributed by atoms with van der Waals surface area (Å²) in [6.07, 6.45) is 1.56. The van der Waals surface area contributed by atoms with E-state index in [1.54, 1.807) is 49.1 Å². The maximum atomic E-state index is 13.0. The number of nitrogens with one attached hydrogen (secondary N) is 1. The molecule has 0 aliphatic rings. The SMILES string of the molecule is COc1cc(-c2nc(C(=O)NCc3ccco3)cs2)ccc1OCc1ccc(F)cc1. The van der Waals surface area contributed by atoms with E-state index in [9.17, 15) is 9.18 Å². The van der Waals surface area contributed by atoms with Crippen molar-refractivity contribution in [2.45, 2.75) is 13.2 Å². The molecule has 4 aromatic rings. The lowest BCUT2D eigenvalue weighted by Crippen LogP contribution is -2.22. The second-order valence-electron chi connectivity index (χ2n) is 6.58. The summed E-state index contributed by atoms with van der Waals surface area (Å²) in [6, 6.07) is 15.1. The van der Waals surface area contributed by atoms with Gasteiger partial charge in [-0.05, 0) is 48.0 Å². The molecule has 0 saturated heterocycles. The van der Waals surface area contributed by atoms with Gasteiger partial charge < -0.3 is 19.2 Å². The smallest absolute Gasteiger partial charge is 0.271 e. The molecule has 2 aromatic heterocycles. The van der Waals surface area contributed by atoms with Crippen molar-refractivity contribution < 1.29 is 23.1 Å². The quantitative estimate of drug-likeness (QED) is 0.416. The van der Waals surface area contributed by atoms with Gasteiger partial charge in [-0.25, -0.2) is 9.37 Å². The van der Waals surface area contributed by atoms with Gasteiger partial charge in [0, 0.05) is 10.9 Å². The summed E-state index contributed by atoms with van der Waals surface area (Å²) < 4.78 is 29.5. The summed E-state index contributed by atoms with van der Waals surface area (Å²) in [7, 11) is 1.55. The average molecular weight is 438 g/mol. The molecular weight excluding hydrogens is 419 g/mol. The predicted molar refractivity (Wildman–Crippen MR) is 115 cm³/mol. The molecule has 0 spiro atoms. The van der Waals surface area contributed by atoms with Crippen LogP contribution in [0.4, 0.5) is 4.39 Å². The van der Waals surface area contributed by atoms with E-state index in [4.69, 9.17) is 13.9 Å². The molecule has 1 N–H and O–H groups in total. The normalized spacial score (nSPS) is 10.6. The monoisotopic (exact) mass is 438 g/mol. The lowest BCUT2D eigenvalue weighted by atomic mass is 10.2. The van der Waals surface area contributed by atoms with E-state index in [1.807, 2.05) is 12.1 Å². The Hall–Kier alpha value is -3.65. The van der Waals surface area contributed by atoms with Crippen molar-refractivity contribution in [2.75, 3.05) is 7.11 Å². The highest BCUT2D eigenvalue weighted by Gasteiger charge is 2.14. The Bertz CT molecular complexity index is 1160. The third-order valence-corrected chi connectivity index (χ3v) is 5.35. The topological polar surface area (TPSA) is 73.6 Å². The highest BCUT2D eigenvalue weighted by atomic mass is 32.1. The van der Waals surface area contributed by atoms with Crippen LogP contribution in [0.1, 0.15) is 21.8 Å². The summed E-state index contributed by atoms with van der Waals surface area (Å²) in [5.41, 5.74) is 1.99.